The third-order valence-electron chi connectivity index (χ3n) is 5.03. The summed E-state index contributed by atoms with van der Waals surface area (Å²) in [6.07, 6.45) is 12.9. The zero-order valence-corrected chi connectivity index (χ0v) is 15.1. The number of aromatic nitrogens is 2. The van der Waals surface area contributed by atoms with E-state index in [4.69, 9.17) is 6.42 Å². The molecule has 126 valence electrons. The Morgan fingerprint density at radius 1 is 1.28 bits per heavy atom. The highest BCUT2D eigenvalue weighted by Gasteiger charge is 2.33. The highest BCUT2D eigenvalue weighted by atomic mass is 32.2. The Labute approximate surface area is 152 Å². The molecule has 1 saturated heterocycles. The van der Waals surface area contributed by atoms with Gasteiger partial charge in [-0.3, -0.25) is 0 Å². The number of hydrogen-bond donors (Lipinski definition) is 1. The van der Waals surface area contributed by atoms with Crippen molar-refractivity contribution in [2.24, 2.45) is 0 Å². The molecule has 1 aromatic carbocycles. The molecule has 0 spiro atoms. The van der Waals surface area contributed by atoms with E-state index in [0.717, 1.165) is 18.0 Å². The maximum Gasteiger partial charge on any atom is 0.100 e. The summed E-state index contributed by atoms with van der Waals surface area (Å²) in [5, 5.41) is 6.12. The molecule has 1 fully saturated rings. The number of fused-ring (bicyclic) bond motifs is 1. The number of terminal acetylenes is 1. The van der Waals surface area contributed by atoms with Crippen LogP contribution in [0.25, 0.3) is 10.9 Å². The van der Waals surface area contributed by atoms with E-state index in [-0.39, 0.29) is 0 Å². The van der Waals surface area contributed by atoms with Crippen LogP contribution in [0.3, 0.4) is 0 Å². The largest absolute Gasteiger partial charge is 0.336 e. The molecule has 2 aromatic heterocycles. The van der Waals surface area contributed by atoms with Crippen LogP contribution in [0.2, 0.25) is 0 Å². The number of pyridine rings is 1. The van der Waals surface area contributed by atoms with Crippen LogP contribution in [0.4, 0.5) is 0 Å². The van der Waals surface area contributed by atoms with E-state index >= 15 is 0 Å². The first kappa shape index (κ1) is 16.3. The van der Waals surface area contributed by atoms with Gasteiger partial charge in [0.05, 0.1) is 6.54 Å². The van der Waals surface area contributed by atoms with E-state index in [1.807, 2.05) is 12.3 Å². The molecule has 0 amide bonds. The lowest BCUT2D eigenvalue weighted by molar-refractivity contribution is 0.566. The maximum atomic E-state index is 5.58. The minimum absolute atomic E-state index is 0.293. The predicted molar refractivity (Wildman–Crippen MR) is 105 cm³/mol. The summed E-state index contributed by atoms with van der Waals surface area (Å²) in [7, 11) is 0. The fourth-order valence-corrected chi connectivity index (χ4v) is 4.57. The average molecular weight is 347 g/mol. The van der Waals surface area contributed by atoms with Crippen molar-refractivity contribution in [3.05, 3.63) is 59.9 Å². The second-order valence-electron chi connectivity index (χ2n) is 6.36. The standard InChI is InChI=1S/C21H21N3S/c1-3-13-24-14-18(15-7-4-5-9-19(15)24)16-10-12-22-20(16)17-8-6-11-23-21(17)25-2/h1,4-9,11,14,16,20,22H,10,12-13H2,2H3. The minimum Gasteiger partial charge on any atom is -0.336 e. The first-order valence-corrected chi connectivity index (χ1v) is 9.79. The van der Waals surface area contributed by atoms with Crippen LogP contribution in [0.1, 0.15) is 29.5 Å². The van der Waals surface area contributed by atoms with Gasteiger partial charge in [-0.05, 0) is 36.9 Å². The van der Waals surface area contributed by atoms with Crippen molar-refractivity contribution >= 4 is 22.7 Å². The Morgan fingerprint density at radius 3 is 3.00 bits per heavy atom. The van der Waals surface area contributed by atoms with Gasteiger partial charge in [0, 0.05) is 40.8 Å². The quantitative estimate of drug-likeness (QED) is 0.566. The number of para-hydroxylation sites is 1. The molecule has 0 saturated carbocycles. The normalized spacial score (nSPS) is 20.0. The summed E-state index contributed by atoms with van der Waals surface area (Å²) in [6, 6.07) is 13.1. The van der Waals surface area contributed by atoms with Crippen LogP contribution in [0.15, 0.2) is 53.8 Å². The molecule has 1 N–H and O–H groups in total. The molecule has 0 bridgehead atoms. The van der Waals surface area contributed by atoms with E-state index in [9.17, 15) is 0 Å². The van der Waals surface area contributed by atoms with Crippen molar-refractivity contribution in [2.75, 3.05) is 12.8 Å². The highest BCUT2D eigenvalue weighted by molar-refractivity contribution is 7.98. The van der Waals surface area contributed by atoms with E-state index in [2.05, 4.69) is 63.6 Å². The Kier molecular flexibility index (Phi) is 4.52. The van der Waals surface area contributed by atoms with Crippen LogP contribution in [0.5, 0.6) is 0 Å². The van der Waals surface area contributed by atoms with Crippen LogP contribution in [-0.4, -0.2) is 22.4 Å². The van der Waals surface area contributed by atoms with Gasteiger partial charge in [-0.15, -0.1) is 18.2 Å². The van der Waals surface area contributed by atoms with Gasteiger partial charge in [0.15, 0.2) is 0 Å². The second-order valence-corrected chi connectivity index (χ2v) is 7.16. The lowest BCUT2D eigenvalue weighted by atomic mass is 9.88. The summed E-state index contributed by atoms with van der Waals surface area (Å²) in [5.41, 5.74) is 3.90. The third kappa shape index (κ3) is 2.84. The molecule has 1 aliphatic rings. The van der Waals surface area contributed by atoms with Crippen LogP contribution < -0.4 is 5.32 Å². The minimum atomic E-state index is 0.293. The van der Waals surface area contributed by atoms with Gasteiger partial charge in [-0.2, -0.15) is 0 Å². The lowest BCUT2D eigenvalue weighted by Crippen LogP contribution is -2.18. The smallest absolute Gasteiger partial charge is 0.100 e. The average Bonchev–Trinajstić information content (AvgIpc) is 3.27. The molecule has 1 aliphatic heterocycles. The van der Waals surface area contributed by atoms with Crippen molar-refractivity contribution in [1.29, 1.82) is 0 Å². The van der Waals surface area contributed by atoms with Crippen LogP contribution in [0, 0.1) is 12.3 Å². The van der Waals surface area contributed by atoms with Crippen molar-refractivity contribution in [3.8, 4) is 12.3 Å². The SMILES string of the molecule is C#CCn1cc(C2CCNC2c2cccnc2SC)c2ccccc21. The summed E-state index contributed by atoms with van der Waals surface area (Å²) in [4.78, 5) is 4.56. The lowest BCUT2D eigenvalue weighted by Gasteiger charge is -2.21. The summed E-state index contributed by atoms with van der Waals surface area (Å²) < 4.78 is 2.19. The molecule has 4 rings (SSSR count). The number of nitrogens with one attached hydrogen (secondary N) is 1. The maximum absolute atomic E-state index is 5.58. The highest BCUT2D eigenvalue weighted by Crippen LogP contribution is 2.43. The van der Waals surface area contributed by atoms with Crippen molar-refractivity contribution in [2.45, 2.75) is 30.0 Å². The van der Waals surface area contributed by atoms with Gasteiger partial charge in [-0.1, -0.05) is 30.2 Å². The number of nitrogens with zero attached hydrogens (tertiary/aromatic N) is 2. The van der Waals surface area contributed by atoms with Crippen molar-refractivity contribution in [1.82, 2.24) is 14.9 Å². The molecule has 3 nitrogen and oxygen atoms in total. The molecule has 3 aromatic rings. The fraction of sp³-hybridized carbons (Fsp3) is 0.286. The number of hydrogen-bond acceptors (Lipinski definition) is 3. The Hall–Kier alpha value is -2.22. The summed E-state index contributed by atoms with van der Waals surface area (Å²) >= 11 is 1.71. The van der Waals surface area contributed by atoms with Gasteiger partial charge >= 0.3 is 0 Å². The van der Waals surface area contributed by atoms with Crippen LogP contribution in [-0.2, 0) is 6.54 Å². The van der Waals surface area contributed by atoms with Gasteiger partial charge in [0.1, 0.15) is 5.03 Å². The van der Waals surface area contributed by atoms with E-state index in [1.54, 1.807) is 11.8 Å². The van der Waals surface area contributed by atoms with Crippen molar-refractivity contribution < 1.29 is 0 Å². The second kappa shape index (κ2) is 6.95. The van der Waals surface area contributed by atoms with Crippen molar-refractivity contribution in [3.63, 3.8) is 0 Å². The molecular formula is C21H21N3S. The molecule has 3 heterocycles. The van der Waals surface area contributed by atoms with Gasteiger partial charge in [0.25, 0.3) is 0 Å². The molecule has 0 aliphatic carbocycles. The zero-order valence-electron chi connectivity index (χ0n) is 14.3. The monoisotopic (exact) mass is 347 g/mol. The van der Waals surface area contributed by atoms with E-state index < -0.39 is 0 Å². The van der Waals surface area contributed by atoms with E-state index in [1.165, 1.54) is 22.0 Å². The van der Waals surface area contributed by atoms with E-state index in [0.29, 0.717) is 18.5 Å². The topological polar surface area (TPSA) is 29.9 Å². The summed E-state index contributed by atoms with van der Waals surface area (Å²) in [5.74, 6) is 3.20. The predicted octanol–water partition coefficient (Wildman–Crippen LogP) is 4.21. The Balaban J connectivity index is 1.81. The van der Waals surface area contributed by atoms with Crippen LogP contribution >= 0.6 is 11.8 Å². The van der Waals surface area contributed by atoms with Gasteiger partial charge in [0.2, 0.25) is 0 Å². The summed E-state index contributed by atoms with van der Waals surface area (Å²) in [6.45, 7) is 1.63. The molecule has 2 atom stereocenters. The molecular weight excluding hydrogens is 326 g/mol. The number of thioether (sulfide) groups is 1. The molecule has 4 heteroatoms. The third-order valence-corrected chi connectivity index (χ3v) is 5.76. The molecule has 2 unspecified atom stereocenters. The first-order chi connectivity index (χ1) is 12.3. The zero-order chi connectivity index (χ0) is 17.2. The number of rotatable bonds is 4. The Morgan fingerprint density at radius 2 is 2.16 bits per heavy atom. The molecule has 0 radical (unpaired) electrons. The fourth-order valence-electron chi connectivity index (χ4n) is 3.98. The first-order valence-electron chi connectivity index (χ1n) is 8.57. The molecule has 25 heavy (non-hydrogen) atoms. The Bertz CT molecular complexity index is 938. The van der Waals surface area contributed by atoms with Gasteiger partial charge in [-0.25, -0.2) is 4.98 Å². The number of benzene rings is 1. The van der Waals surface area contributed by atoms with Gasteiger partial charge < -0.3 is 9.88 Å².